The predicted octanol–water partition coefficient (Wildman–Crippen LogP) is 4.56. The molecule has 0 aliphatic heterocycles. The minimum Gasteiger partial charge on any atom is -0.351 e. The maximum atomic E-state index is 12.7. The van der Waals surface area contributed by atoms with Crippen LogP contribution in [-0.4, -0.2) is 20.6 Å². The van der Waals surface area contributed by atoms with E-state index in [0.717, 1.165) is 27.3 Å². The fourth-order valence-corrected chi connectivity index (χ4v) is 4.77. The van der Waals surface area contributed by atoms with Gasteiger partial charge in [0.2, 0.25) is 5.76 Å². The van der Waals surface area contributed by atoms with Crippen LogP contribution in [0, 0.1) is 6.92 Å². The summed E-state index contributed by atoms with van der Waals surface area (Å²) >= 11 is 0.824. The Morgan fingerprint density at radius 3 is 2.35 bits per heavy atom. The van der Waals surface area contributed by atoms with Crippen molar-refractivity contribution in [2.75, 3.05) is 11.4 Å². The average molecular weight is 402 g/mol. The van der Waals surface area contributed by atoms with Gasteiger partial charge in [-0.2, -0.15) is 13.2 Å². The number of thiophene rings is 1. The molecular weight excluding hydrogens is 389 g/mol. The summed E-state index contributed by atoms with van der Waals surface area (Å²) < 4.78 is 68.7. The van der Waals surface area contributed by atoms with Gasteiger partial charge in [0.25, 0.3) is 10.0 Å². The van der Waals surface area contributed by atoms with Crippen LogP contribution in [0.3, 0.4) is 0 Å². The first kappa shape index (κ1) is 18.5. The smallest absolute Gasteiger partial charge is 0.351 e. The van der Waals surface area contributed by atoms with Gasteiger partial charge in [-0.05, 0) is 31.2 Å². The SMILES string of the molecule is Cc1ccc(N(C)S(=O)(=O)c2ccc(-c3cc(C(F)(F)F)on3)s2)cc1. The van der Waals surface area contributed by atoms with E-state index < -0.39 is 22.0 Å². The largest absolute Gasteiger partial charge is 0.452 e. The zero-order chi connectivity index (χ0) is 19.1. The highest BCUT2D eigenvalue weighted by Crippen LogP contribution is 2.36. The third kappa shape index (κ3) is 3.47. The lowest BCUT2D eigenvalue weighted by Crippen LogP contribution is -2.25. The summed E-state index contributed by atoms with van der Waals surface area (Å²) in [7, 11) is -2.43. The molecule has 0 radical (unpaired) electrons. The van der Waals surface area contributed by atoms with Crippen molar-refractivity contribution < 1.29 is 26.1 Å². The third-order valence-corrected chi connectivity index (χ3v) is 7.00. The van der Waals surface area contributed by atoms with Gasteiger partial charge < -0.3 is 4.52 Å². The molecule has 138 valence electrons. The Balaban J connectivity index is 1.91. The fraction of sp³-hybridized carbons (Fsp3) is 0.188. The molecule has 5 nitrogen and oxygen atoms in total. The standard InChI is InChI=1S/C16H13F3N2O3S2/c1-10-3-5-11(6-4-10)21(2)26(22,23)15-8-7-13(25-15)12-9-14(24-20-12)16(17,18)19/h3-9H,1-2H3. The molecule has 0 bridgehead atoms. The van der Waals surface area contributed by atoms with E-state index in [4.69, 9.17) is 0 Å². The molecule has 0 N–H and O–H groups in total. The molecular formula is C16H13F3N2O3S2. The van der Waals surface area contributed by atoms with Crippen LogP contribution in [0.4, 0.5) is 18.9 Å². The lowest BCUT2D eigenvalue weighted by Gasteiger charge is -2.18. The number of alkyl halides is 3. The number of nitrogens with zero attached hydrogens (tertiary/aromatic N) is 2. The molecule has 2 heterocycles. The second-order valence-electron chi connectivity index (χ2n) is 5.50. The maximum Gasteiger partial charge on any atom is 0.452 e. The Hall–Kier alpha value is -2.33. The minimum absolute atomic E-state index is 0.00728. The zero-order valence-corrected chi connectivity index (χ0v) is 15.2. The van der Waals surface area contributed by atoms with E-state index in [9.17, 15) is 21.6 Å². The van der Waals surface area contributed by atoms with Crippen molar-refractivity contribution in [2.45, 2.75) is 17.3 Å². The zero-order valence-electron chi connectivity index (χ0n) is 13.6. The van der Waals surface area contributed by atoms with E-state index in [1.54, 1.807) is 24.3 Å². The Labute approximate surface area is 151 Å². The van der Waals surface area contributed by atoms with Gasteiger partial charge in [0, 0.05) is 13.1 Å². The van der Waals surface area contributed by atoms with Crippen molar-refractivity contribution in [3.8, 4) is 10.6 Å². The Morgan fingerprint density at radius 2 is 1.77 bits per heavy atom. The highest BCUT2D eigenvalue weighted by molar-refractivity contribution is 7.94. The molecule has 0 saturated carbocycles. The minimum atomic E-state index is -4.65. The van der Waals surface area contributed by atoms with Gasteiger partial charge in [-0.3, -0.25) is 4.31 Å². The Morgan fingerprint density at radius 1 is 1.12 bits per heavy atom. The quantitative estimate of drug-likeness (QED) is 0.642. The van der Waals surface area contributed by atoms with Gasteiger partial charge in [-0.1, -0.05) is 22.9 Å². The third-order valence-electron chi connectivity index (χ3n) is 3.64. The van der Waals surface area contributed by atoms with E-state index in [0.29, 0.717) is 5.69 Å². The van der Waals surface area contributed by atoms with Crippen molar-refractivity contribution in [2.24, 2.45) is 0 Å². The van der Waals surface area contributed by atoms with E-state index in [1.165, 1.54) is 19.2 Å². The van der Waals surface area contributed by atoms with Crippen LogP contribution < -0.4 is 4.31 Å². The number of benzene rings is 1. The highest BCUT2D eigenvalue weighted by Gasteiger charge is 2.36. The molecule has 0 aliphatic carbocycles. The molecule has 0 amide bonds. The predicted molar refractivity (Wildman–Crippen MR) is 91.6 cm³/mol. The van der Waals surface area contributed by atoms with E-state index in [1.807, 2.05) is 6.92 Å². The van der Waals surface area contributed by atoms with Crippen molar-refractivity contribution in [1.29, 1.82) is 0 Å². The average Bonchev–Trinajstić information content (AvgIpc) is 3.23. The van der Waals surface area contributed by atoms with Crippen molar-refractivity contribution >= 4 is 27.0 Å². The molecule has 0 atom stereocenters. The molecule has 10 heteroatoms. The topological polar surface area (TPSA) is 63.4 Å². The van der Waals surface area contributed by atoms with Gasteiger partial charge >= 0.3 is 6.18 Å². The number of hydrogen-bond acceptors (Lipinski definition) is 5. The lowest BCUT2D eigenvalue weighted by atomic mass is 10.2. The summed E-state index contributed by atoms with van der Waals surface area (Å²) in [5.74, 6) is -1.23. The number of halogens is 3. The number of rotatable bonds is 4. The molecule has 1 aromatic carbocycles. The van der Waals surface area contributed by atoms with Crippen LogP contribution in [0.15, 0.2) is 51.2 Å². The van der Waals surface area contributed by atoms with Crippen LogP contribution >= 0.6 is 11.3 Å². The molecule has 3 aromatic rings. The van der Waals surface area contributed by atoms with E-state index in [2.05, 4.69) is 9.68 Å². The summed E-state index contributed by atoms with van der Waals surface area (Å²) in [6, 6.07) is 10.4. The summed E-state index contributed by atoms with van der Waals surface area (Å²) in [4.78, 5) is 0.264. The molecule has 0 saturated heterocycles. The normalized spacial score (nSPS) is 12.3. The summed E-state index contributed by atoms with van der Waals surface area (Å²) in [6.07, 6.45) is -4.65. The Bertz CT molecular complexity index is 1020. The number of sulfonamides is 1. The fourth-order valence-electron chi connectivity index (χ4n) is 2.15. The molecule has 2 aromatic heterocycles. The van der Waals surface area contributed by atoms with Crippen molar-refractivity contribution in [3.05, 3.63) is 53.8 Å². The number of aryl methyl sites for hydroxylation is 1. The highest BCUT2D eigenvalue weighted by atomic mass is 32.2. The summed E-state index contributed by atoms with van der Waals surface area (Å²) in [5, 5.41) is 3.37. The first-order valence-corrected chi connectivity index (χ1v) is 9.54. The maximum absolute atomic E-state index is 12.7. The summed E-state index contributed by atoms with van der Waals surface area (Å²) in [6.45, 7) is 1.89. The molecule has 3 rings (SSSR count). The van der Waals surface area contributed by atoms with Gasteiger partial charge in [0.05, 0.1) is 10.6 Å². The second-order valence-corrected chi connectivity index (χ2v) is 8.78. The van der Waals surface area contributed by atoms with Crippen LogP contribution in [0.25, 0.3) is 10.6 Å². The molecule has 0 unspecified atom stereocenters. The van der Waals surface area contributed by atoms with Crippen LogP contribution in [0.2, 0.25) is 0 Å². The number of hydrogen-bond donors (Lipinski definition) is 0. The van der Waals surface area contributed by atoms with Gasteiger partial charge in [-0.15, -0.1) is 11.3 Å². The Kier molecular flexibility index (Phi) is 4.57. The second kappa shape index (κ2) is 6.44. The number of anilines is 1. The van der Waals surface area contributed by atoms with Crippen molar-refractivity contribution in [1.82, 2.24) is 5.16 Å². The van der Waals surface area contributed by atoms with E-state index >= 15 is 0 Å². The van der Waals surface area contributed by atoms with Crippen LogP contribution in [0.5, 0.6) is 0 Å². The molecule has 0 aliphatic rings. The molecule has 0 spiro atoms. The van der Waals surface area contributed by atoms with Gasteiger partial charge in [-0.25, -0.2) is 8.42 Å². The van der Waals surface area contributed by atoms with Gasteiger partial charge in [0.1, 0.15) is 9.90 Å². The number of aromatic nitrogens is 1. The summed E-state index contributed by atoms with van der Waals surface area (Å²) in [5.41, 5.74) is 1.40. The van der Waals surface area contributed by atoms with Crippen LogP contribution in [0.1, 0.15) is 11.3 Å². The molecule has 0 fully saturated rings. The first-order valence-electron chi connectivity index (χ1n) is 7.29. The van der Waals surface area contributed by atoms with Crippen molar-refractivity contribution in [3.63, 3.8) is 0 Å². The monoisotopic (exact) mass is 402 g/mol. The van der Waals surface area contributed by atoms with Crippen LogP contribution in [-0.2, 0) is 16.2 Å². The molecule has 26 heavy (non-hydrogen) atoms. The first-order chi connectivity index (χ1) is 12.1. The van der Waals surface area contributed by atoms with E-state index in [-0.39, 0.29) is 14.8 Å². The van der Waals surface area contributed by atoms with Gasteiger partial charge in [0.15, 0.2) is 0 Å². The lowest BCUT2D eigenvalue weighted by molar-refractivity contribution is -0.155.